The molecule has 0 saturated heterocycles. The third kappa shape index (κ3) is 2.46. The topological polar surface area (TPSA) is 70.8 Å². The molecule has 8 heteroatoms. The number of hydrogen-bond acceptors (Lipinski definition) is 5. The first-order valence-corrected chi connectivity index (χ1v) is 4.67. The molecule has 0 radical (unpaired) electrons. The zero-order chi connectivity index (χ0) is 12.6. The van der Waals surface area contributed by atoms with E-state index in [1.54, 1.807) is 0 Å². The second-order valence-corrected chi connectivity index (χ2v) is 3.34. The zero-order valence-corrected chi connectivity index (χ0v) is 10.0. The highest BCUT2D eigenvalue weighted by atomic mass is 35.5. The summed E-state index contributed by atoms with van der Waals surface area (Å²) in [6.45, 7) is 0. The largest absolute Gasteiger partial charge is 0.586 e. The van der Waals surface area contributed by atoms with Crippen LogP contribution >= 0.6 is 12.4 Å². The number of benzene rings is 1. The molecule has 1 aliphatic heterocycles. The molecular weight excluding hydrogens is 272 g/mol. The molecule has 0 saturated carbocycles. The zero-order valence-electron chi connectivity index (χ0n) is 9.18. The van der Waals surface area contributed by atoms with Crippen molar-refractivity contribution in [3.8, 4) is 11.5 Å². The SMILES string of the molecule is COC(=O)[C@@H](N)c1cccc2c1OC(F)(F)O2.Cl. The van der Waals surface area contributed by atoms with Gasteiger partial charge in [0.25, 0.3) is 0 Å². The van der Waals surface area contributed by atoms with E-state index in [1.165, 1.54) is 18.2 Å². The maximum absolute atomic E-state index is 12.9. The Morgan fingerprint density at radius 2 is 2.11 bits per heavy atom. The number of methoxy groups -OCH3 is 1. The van der Waals surface area contributed by atoms with Crippen LogP contribution in [0.1, 0.15) is 11.6 Å². The number of halogens is 3. The minimum absolute atomic E-state index is 0. The number of alkyl halides is 2. The van der Waals surface area contributed by atoms with Crippen molar-refractivity contribution in [3.63, 3.8) is 0 Å². The maximum Gasteiger partial charge on any atom is 0.586 e. The van der Waals surface area contributed by atoms with Crippen molar-refractivity contribution < 1.29 is 27.8 Å². The minimum Gasteiger partial charge on any atom is -0.468 e. The molecule has 0 amide bonds. The lowest BCUT2D eigenvalue weighted by atomic mass is 10.1. The molecule has 2 rings (SSSR count). The van der Waals surface area contributed by atoms with Gasteiger partial charge in [-0.15, -0.1) is 21.2 Å². The van der Waals surface area contributed by atoms with Crippen molar-refractivity contribution in [1.29, 1.82) is 0 Å². The van der Waals surface area contributed by atoms with Crippen LogP contribution in [0.25, 0.3) is 0 Å². The first-order chi connectivity index (χ1) is 7.94. The monoisotopic (exact) mass is 281 g/mol. The van der Waals surface area contributed by atoms with Gasteiger partial charge in [-0.2, -0.15) is 0 Å². The molecule has 0 aliphatic carbocycles. The van der Waals surface area contributed by atoms with Gasteiger partial charge in [-0.3, -0.25) is 4.79 Å². The normalized spacial score (nSPS) is 16.7. The van der Waals surface area contributed by atoms with Gasteiger partial charge in [0.05, 0.1) is 7.11 Å². The van der Waals surface area contributed by atoms with Gasteiger partial charge in [0.15, 0.2) is 11.5 Å². The van der Waals surface area contributed by atoms with E-state index in [-0.39, 0.29) is 29.5 Å². The number of fused-ring (bicyclic) bond motifs is 1. The Morgan fingerprint density at radius 3 is 2.72 bits per heavy atom. The quantitative estimate of drug-likeness (QED) is 0.834. The smallest absolute Gasteiger partial charge is 0.468 e. The van der Waals surface area contributed by atoms with E-state index in [0.717, 1.165) is 7.11 Å². The highest BCUT2D eigenvalue weighted by Gasteiger charge is 2.45. The summed E-state index contributed by atoms with van der Waals surface area (Å²) in [6.07, 6.45) is -3.74. The van der Waals surface area contributed by atoms with Crippen molar-refractivity contribution in [1.82, 2.24) is 0 Å². The molecular formula is C10H10ClF2NO4. The fourth-order valence-corrected chi connectivity index (χ4v) is 1.49. The minimum atomic E-state index is -3.74. The van der Waals surface area contributed by atoms with Crippen molar-refractivity contribution >= 4 is 18.4 Å². The molecule has 1 heterocycles. The number of esters is 1. The van der Waals surface area contributed by atoms with Gasteiger partial charge in [-0.1, -0.05) is 12.1 Å². The van der Waals surface area contributed by atoms with Crippen LogP contribution in [-0.2, 0) is 9.53 Å². The van der Waals surface area contributed by atoms with Gasteiger partial charge >= 0.3 is 12.3 Å². The van der Waals surface area contributed by atoms with Gasteiger partial charge in [0.2, 0.25) is 0 Å². The number of nitrogens with two attached hydrogens (primary N) is 1. The van der Waals surface area contributed by atoms with Gasteiger partial charge in [-0.25, -0.2) is 0 Å². The van der Waals surface area contributed by atoms with Crippen molar-refractivity contribution in [3.05, 3.63) is 23.8 Å². The van der Waals surface area contributed by atoms with Gasteiger partial charge in [0.1, 0.15) is 6.04 Å². The van der Waals surface area contributed by atoms with Crippen molar-refractivity contribution in [2.45, 2.75) is 12.3 Å². The maximum atomic E-state index is 12.9. The molecule has 1 atom stereocenters. The molecule has 1 aromatic carbocycles. The van der Waals surface area contributed by atoms with Gasteiger partial charge in [-0.05, 0) is 6.07 Å². The number of hydrogen-bond donors (Lipinski definition) is 1. The summed E-state index contributed by atoms with van der Waals surface area (Å²) in [7, 11) is 1.15. The Bertz CT molecular complexity index is 469. The molecule has 0 aromatic heterocycles. The van der Waals surface area contributed by atoms with Gasteiger partial charge in [0, 0.05) is 5.56 Å². The number of carbonyl (C=O) groups excluding carboxylic acids is 1. The van der Waals surface area contributed by atoms with E-state index in [1.807, 2.05) is 0 Å². The van der Waals surface area contributed by atoms with Crippen LogP contribution in [0.5, 0.6) is 11.5 Å². The van der Waals surface area contributed by atoms with Gasteiger partial charge < -0.3 is 19.9 Å². The van der Waals surface area contributed by atoms with E-state index >= 15 is 0 Å². The molecule has 18 heavy (non-hydrogen) atoms. The van der Waals surface area contributed by atoms with E-state index in [0.29, 0.717) is 0 Å². The molecule has 5 nitrogen and oxygen atoms in total. The summed E-state index contributed by atoms with van der Waals surface area (Å²) in [4.78, 5) is 11.2. The Morgan fingerprint density at radius 1 is 1.44 bits per heavy atom. The average Bonchev–Trinajstić information content (AvgIpc) is 2.60. The Labute approximate surface area is 107 Å². The van der Waals surface area contributed by atoms with E-state index in [9.17, 15) is 13.6 Å². The molecule has 1 aromatic rings. The summed E-state index contributed by atoms with van der Waals surface area (Å²) >= 11 is 0. The first-order valence-electron chi connectivity index (χ1n) is 4.67. The summed E-state index contributed by atoms with van der Waals surface area (Å²) in [6, 6.07) is 2.92. The Hall–Kier alpha value is -1.60. The number of para-hydroxylation sites is 1. The lowest BCUT2D eigenvalue weighted by Crippen LogP contribution is -2.27. The highest BCUT2D eigenvalue weighted by Crippen LogP contribution is 2.44. The summed E-state index contributed by atoms with van der Waals surface area (Å²) < 4.78 is 38.7. The molecule has 1 aliphatic rings. The van der Waals surface area contributed by atoms with E-state index in [4.69, 9.17) is 5.73 Å². The van der Waals surface area contributed by atoms with Crippen LogP contribution in [-0.4, -0.2) is 19.4 Å². The molecule has 0 fully saturated rings. The number of rotatable bonds is 2. The fourth-order valence-electron chi connectivity index (χ4n) is 1.49. The summed E-state index contributed by atoms with van der Waals surface area (Å²) in [5.74, 6) is -1.15. The first kappa shape index (κ1) is 14.5. The number of carbonyl (C=O) groups is 1. The lowest BCUT2D eigenvalue weighted by molar-refractivity contribution is -0.287. The second kappa shape index (κ2) is 4.95. The Kier molecular flexibility index (Phi) is 3.98. The van der Waals surface area contributed by atoms with E-state index < -0.39 is 18.3 Å². The average molecular weight is 282 g/mol. The van der Waals surface area contributed by atoms with Crippen LogP contribution in [0.4, 0.5) is 8.78 Å². The number of ether oxygens (including phenoxy) is 3. The molecule has 0 spiro atoms. The third-order valence-electron chi connectivity index (χ3n) is 2.25. The molecule has 100 valence electrons. The van der Waals surface area contributed by atoms with Crippen LogP contribution in [0.3, 0.4) is 0 Å². The van der Waals surface area contributed by atoms with Crippen LogP contribution < -0.4 is 15.2 Å². The predicted molar refractivity (Wildman–Crippen MR) is 58.8 cm³/mol. The van der Waals surface area contributed by atoms with E-state index in [2.05, 4.69) is 14.2 Å². The predicted octanol–water partition coefficient (Wildman–Crippen LogP) is 1.60. The summed E-state index contributed by atoms with van der Waals surface area (Å²) in [5, 5.41) is 0. The van der Waals surface area contributed by atoms with Crippen LogP contribution in [0, 0.1) is 0 Å². The highest BCUT2D eigenvalue weighted by molar-refractivity contribution is 5.85. The molecule has 2 N–H and O–H groups in total. The lowest BCUT2D eigenvalue weighted by Gasteiger charge is -2.11. The molecule has 0 bridgehead atoms. The standard InChI is InChI=1S/C10H9F2NO4.ClH/c1-15-9(14)7(13)5-3-2-4-6-8(5)17-10(11,12)16-6;/h2-4,7H,13H2,1H3;1H/t7-;/m0./s1. The van der Waals surface area contributed by atoms with Crippen molar-refractivity contribution in [2.75, 3.05) is 7.11 Å². The molecule has 0 unspecified atom stereocenters. The summed E-state index contributed by atoms with van der Waals surface area (Å²) in [5.41, 5.74) is 5.65. The fraction of sp³-hybridized carbons (Fsp3) is 0.300. The van der Waals surface area contributed by atoms with Crippen LogP contribution in [0.15, 0.2) is 18.2 Å². The van der Waals surface area contributed by atoms with Crippen molar-refractivity contribution in [2.24, 2.45) is 5.73 Å². The second-order valence-electron chi connectivity index (χ2n) is 3.34. The Balaban J connectivity index is 0.00000162. The third-order valence-corrected chi connectivity index (χ3v) is 2.25. The van der Waals surface area contributed by atoms with Crippen LogP contribution in [0.2, 0.25) is 0 Å².